The third kappa shape index (κ3) is 6.08. The van der Waals surface area contributed by atoms with Gasteiger partial charge in [0.1, 0.15) is 11.5 Å². The fourth-order valence-corrected chi connectivity index (χ4v) is 4.59. The first kappa shape index (κ1) is 27.3. The molecule has 0 aliphatic carbocycles. The number of Topliss-reactive ketones (excluding diaryl/α,β-unsaturated/α-hetero) is 1. The quantitative estimate of drug-likeness (QED) is 0.278. The van der Waals surface area contributed by atoms with E-state index in [1.807, 2.05) is 57.1 Å². The number of rotatable bonds is 11. The molecule has 0 saturated carbocycles. The zero-order chi connectivity index (χ0) is 26.4. The topological polar surface area (TPSA) is 73.3 Å². The van der Waals surface area contributed by atoms with Crippen LogP contribution in [0.5, 0.6) is 5.75 Å². The molecule has 1 amide bonds. The molecule has 7 nitrogen and oxygen atoms in total. The number of ketones is 1. The monoisotopic (exact) mass is 493 g/mol. The number of aliphatic hydroxyl groups is 1. The van der Waals surface area contributed by atoms with E-state index in [9.17, 15) is 14.7 Å². The van der Waals surface area contributed by atoms with E-state index in [-0.39, 0.29) is 17.4 Å². The van der Waals surface area contributed by atoms with Crippen LogP contribution in [0, 0.1) is 0 Å². The van der Waals surface area contributed by atoms with Crippen LogP contribution in [-0.4, -0.2) is 73.0 Å². The van der Waals surface area contributed by atoms with Gasteiger partial charge in [-0.25, -0.2) is 0 Å². The van der Waals surface area contributed by atoms with Crippen molar-refractivity contribution in [1.82, 2.24) is 9.80 Å². The van der Waals surface area contributed by atoms with E-state index in [2.05, 4.69) is 18.7 Å². The average molecular weight is 494 g/mol. The van der Waals surface area contributed by atoms with Crippen LogP contribution in [0.4, 0.5) is 5.69 Å². The van der Waals surface area contributed by atoms with Gasteiger partial charge < -0.3 is 24.5 Å². The van der Waals surface area contributed by atoms with Gasteiger partial charge in [-0.2, -0.15) is 0 Å². The normalized spacial score (nSPS) is 17.3. The molecular weight excluding hydrogens is 454 g/mol. The fourth-order valence-electron chi connectivity index (χ4n) is 4.59. The molecule has 7 heteroatoms. The van der Waals surface area contributed by atoms with Crippen LogP contribution in [0.15, 0.2) is 54.1 Å². The van der Waals surface area contributed by atoms with Crippen molar-refractivity contribution in [2.24, 2.45) is 0 Å². The van der Waals surface area contributed by atoms with Crippen molar-refractivity contribution in [1.29, 1.82) is 0 Å². The highest BCUT2D eigenvalue weighted by molar-refractivity contribution is 6.46. The first-order valence-corrected chi connectivity index (χ1v) is 12.7. The van der Waals surface area contributed by atoms with Crippen molar-refractivity contribution in [3.63, 3.8) is 0 Å². The summed E-state index contributed by atoms with van der Waals surface area (Å²) in [5.74, 6) is -0.725. The molecule has 1 atom stereocenters. The largest absolute Gasteiger partial charge is 0.507 e. The number of carbonyl (C=O) groups is 2. The Balaban J connectivity index is 2.04. The predicted molar refractivity (Wildman–Crippen MR) is 144 cm³/mol. The molecule has 1 N–H and O–H groups in total. The Kier molecular flexibility index (Phi) is 9.15. The summed E-state index contributed by atoms with van der Waals surface area (Å²) in [5.41, 5.74) is 2.48. The second-order valence-corrected chi connectivity index (χ2v) is 9.60. The van der Waals surface area contributed by atoms with Gasteiger partial charge in [-0.05, 0) is 96.7 Å². The van der Waals surface area contributed by atoms with Gasteiger partial charge in [0.25, 0.3) is 11.7 Å². The van der Waals surface area contributed by atoms with Crippen LogP contribution in [-0.2, 0) is 9.59 Å². The van der Waals surface area contributed by atoms with Gasteiger partial charge in [-0.3, -0.25) is 9.59 Å². The Bertz CT molecular complexity index is 1070. The number of ether oxygens (including phenoxy) is 1. The lowest BCUT2D eigenvalue weighted by atomic mass is 9.95. The molecule has 2 aromatic carbocycles. The standard InChI is InChI=1S/C29H39N3O4/c1-7-31(8-2)23-14-10-21(11-15-23)26-25(28(34)29(35)32(26)19-9-18-30(5)6)27(33)22-12-16-24(17-13-22)36-20(3)4/h10-17,20,26,33H,7-9,18-19H2,1-6H3/b27-25-. The molecule has 1 saturated heterocycles. The van der Waals surface area contributed by atoms with E-state index < -0.39 is 17.7 Å². The van der Waals surface area contributed by atoms with E-state index in [0.29, 0.717) is 17.9 Å². The predicted octanol–water partition coefficient (Wildman–Crippen LogP) is 4.69. The van der Waals surface area contributed by atoms with Crippen molar-refractivity contribution in [2.45, 2.75) is 46.3 Å². The maximum Gasteiger partial charge on any atom is 0.295 e. The number of nitrogens with zero attached hydrogens (tertiary/aromatic N) is 3. The smallest absolute Gasteiger partial charge is 0.295 e. The second kappa shape index (κ2) is 12.1. The number of hydrogen-bond donors (Lipinski definition) is 1. The molecule has 36 heavy (non-hydrogen) atoms. The second-order valence-electron chi connectivity index (χ2n) is 9.60. The summed E-state index contributed by atoms with van der Waals surface area (Å²) in [7, 11) is 3.95. The molecule has 0 aromatic heterocycles. The maximum atomic E-state index is 13.2. The Labute approximate surface area is 215 Å². The van der Waals surface area contributed by atoms with Crippen LogP contribution < -0.4 is 9.64 Å². The summed E-state index contributed by atoms with van der Waals surface area (Å²) >= 11 is 0. The number of anilines is 1. The lowest BCUT2D eigenvalue weighted by molar-refractivity contribution is -0.139. The SMILES string of the molecule is CCN(CC)c1ccc(C2/C(=C(/O)c3ccc(OC(C)C)cc3)C(=O)C(=O)N2CCCN(C)C)cc1. The van der Waals surface area contributed by atoms with Crippen LogP contribution >= 0.6 is 0 Å². The Morgan fingerprint density at radius 3 is 2.14 bits per heavy atom. The molecular formula is C29H39N3O4. The first-order chi connectivity index (χ1) is 17.2. The molecule has 194 valence electrons. The van der Waals surface area contributed by atoms with E-state index in [1.165, 1.54) is 0 Å². The number of hydrogen-bond acceptors (Lipinski definition) is 6. The molecule has 0 bridgehead atoms. The van der Waals surface area contributed by atoms with Gasteiger partial charge in [0.15, 0.2) is 0 Å². The van der Waals surface area contributed by atoms with Gasteiger partial charge >= 0.3 is 0 Å². The highest BCUT2D eigenvalue weighted by Crippen LogP contribution is 2.40. The van der Waals surface area contributed by atoms with Crippen LogP contribution in [0.2, 0.25) is 0 Å². The first-order valence-electron chi connectivity index (χ1n) is 12.7. The minimum atomic E-state index is -0.655. The third-order valence-electron chi connectivity index (χ3n) is 6.38. The van der Waals surface area contributed by atoms with E-state index in [0.717, 1.165) is 37.3 Å². The van der Waals surface area contributed by atoms with E-state index in [4.69, 9.17) is 4.74 Å². The Hall–Kier alpha value is -3.32. The van der Waals surface area contributed by atoms with E-state index >= 15 is 0 Å². The van der Waals surface area contributed by atoms with Crippen molar-refractivity contribution < 1.29 is 19.4 Å². The molecule has 1 aliphatic heterocycles. The Morgan fingerprint density at radius 2 is 1.61 bits per heavy atom. The summed E-state index contributed by atoms with van der Waals surface area (Å²) in [4.78, 5) is 32.3. The van der Waals surface area contributed by atoms with Gasteiger partial charge in [-0.15, -0.1) is 0 Å². The van der Waals surface area contributed by atoms with Crippen molar-refractivity contribution in [3.05, 3.63) is 65.2 Å². The molecule has 3 rings (SSSR count). The molecule has 1 aliphatic rings. The van der Waals surface area contributed by atoms with Gasteiger partial charge in [-0.1, -0.05) is 12.1 Å². The summed E-state index contributed by atoms with van der Waals surface area (Å²) in [6, 6.07) is 14.2. The summed E-state index contributed by atoms with van der Waals surface area (Å²) in [5, 5.41) is 11.3. The molecule has 0 radical (unpaired) electrons. The zero-order valence-electron chi connectivity index (χ0n) is 22.3. The van der Waals surface area contributed by atoms with Gasteiger partial charge in [0.05, 0.1) is 17.7 Å². The van der Waals surface area contributed by atoms with Crippen LogP contribution in [0.1, 0.15) is 51.3 Å². The highest BCUT2D eigenvalue weighted by atomic mass is 16.5. The molecule has 0 spiro atoms. The van der Waals surface area contributed by atoms with Crippen LogP contribution in [0.3, 0.4) is 0 Å². The fraction of sp³-hybridized carbons (Fsp3) is 0.448. The molecule has 1 heterocycles. The van der Waals surface area contributed by atoms with Gasteiger partial charge in [0, 0.05) is 30.9 Å². The minimum absolute atomic E-state index is 0.0243. The molecule has 1 fully saturated rings. The Morgan fingerprint density at radius 1 is 1.00 bits per heavy atom. The number of amides is 1. The zero-order valence-corrected chi connectivity index (χ0v) is 22.3. The van der Waals surface area contributed by atoms with Gasteiger partial charge in [0.2, 0.25) is 0 Å². The van der Waals surface area contributed by atoms with Crippen molar-refractivity contribution in [2.75, 3.05) is 45.2 Å². The highest BCUT2D eigenvalue weighted by Gasteiger charge is 2.45. The van der Waals surface area contributed by atoms with E-state index in [1.54, 1.807) is 29.2 Å². The third-order valence-corrected chi connectivity index (χ3v) is 6.38. The average Bonchev–Trinajstić information content (AvgIpc) is 3.10. The summed E-state index contributed by atoms with van der Waals surface area (Å²) in [6.45, 7) is 11.1. The maximum absolute atomic E-state index is 13.2. The number of aliphatic hydroxyl groups excluding tert-OH is 1. The summed E-state index contributed by atoms with van der Waals surface area (Å²) < 4.78 is 5.70. The van der Waals surface area contributed by atoms with Crippen LogP contribution in [0.25, 0.3) is 5.76 Å². The van der Waals surface area contributed by atoms with Crippen molar-refractivity contribution >= 4 is 23.1 Å². The van der Waals surface area contributed by atoms with Crippen molar-refractivity contribution in [3.8, 4) is 5.75 Å². The minimum Gasteiger partial charge on any atom is -0.507 e. The number of likely N-dealkylation sites (tertiary alicyclic amines) is 1. The number of carbonyl (C=O) groups excluding carboxylic acids is 2. The lowest BCUT2D eigenvalue weighted by Crippen LogP contribution is -2.32. The summed E-state index contributed by atoms with van der Waals surface area (Å²) in [6.07, 6.45) is 0.742. The lowest BCUT2D eigenvalue weighted by Gasteiger charge is -2.27. The number of benzene rings is 2. The molecule has 1 unspecified atom stereocenters. The molecule has 2 aromatic rings.